The first-order valence-electron chi connectivity index (χ1n) is 10.4. The lowest BCUT2D eigenvalue weighted by molar-refractivity contribution is 0.376. The number of allylic oxidation sites excluding steroid dienone is 1. The van der Waals surface area contributed by atoms with Gasteiger partial charge in [-0.25, -0.2) is 0 Å². The monoisotopic (exact) mass is 308 g/mol. The number of hydrogen-bond acceptors (Lipinski definition) is 0. The maximum atomic E-state index is 4.30. The fourth-order valence-electron chi connectivity index (χ4n) is 3.37. The molecular formula is C22H44. The predicted molar refractivity (Wildman–Crippen MR) is 104 cm³/mol. The summed E-state index contributed by atoms with van der Waals surface area (Å²) in [5.41, 5.74) is 1.51. The molecule has 0 aromatic heterocycles. The third-order valence-electron chi connectivity index (χ3n) is 4.96. The van der Waals surface area contributed by atoms with Crippen LogP contribution < -0.4 is 0 Å². The summed E-state index contributed by atoms with van der Waals surface area (Å²) in [7, 11) is 0. The second kappa shape index (κ2) is 17.1. The van der Waals surface area contributed by atoms with E-state index in [0.717, 1.165) is 5.92 Å². The van der Waals surface area contributed by atoms with Crippen LogP contribution >= 0.6 is 0 Å². The first-order chi connectivity index (χ1) is 10.7. The van der Waals surface area contributed by atoms with Crippen LogP contribution in [0.2, 0.25) is 0 Å². The lowest BCUT2D eigenvalue weighted by atomic mass is 9.89. The Balaban J connectivity index is 3.76. The van der Waals surface area contributed by atoms with Gasteiger partial charge in [0, 0.05) is 0 Å². The van der Waals surface area contributed by atoms with Crippen LogP contribution in [0.1, 0.15) is 124 Å². The average Bonchev–Trinajstić information content (AvgIpc) is 2.51. The second-order valence-corrected chi connectivity index (χ2v) is 7.31. The summed E-state index contributed by atoms with van der Waals surface area (Å²) in [6, 6.07) is 0. The van der Waals surface area contributed by atoms with E-state index in [-0.39, 0.29) is 0 Å². The molecule has 0 aromatic carbocycles. The Morgan fingerprint density at radius 2 is 1.05 bits per heavy atom. The largest absolute Gasteiger partial charge is 0.0999 e. The van der Waals surface area contributed by atoms with Crippen molar-refractivity contribution < 1.29 is 0 Å². The zero-order chi connectivity index (χ0) is 16.5. The number of rotatable bonds is 17. The Labute approximate surface area is 142 Å². The summed E-state index contributed by atoms with van der Waals surface area (Å²) >= 11 is 0. The molecule has 0 aliphatic heterocycles. The lowest BCUT2D eigenvalue weighted by Crippen LogP contribution is -2.01. The topological polar surface area (TPSA) is 0 Å². The lowest BCUT2D eigenvalue weighted by Gasteiger charge is -2.17. The molecule has 0 N–H and O–H groups in total. The van der Waals surface area contributed by atoms with E-state index in [1.165, 1.54) is 108 Å². The Morgan fingerprint density at radius 3 is 1.59 bits per heavy atom. The van der Waals surface area contributed by atoms with Gasteiger partial charge in [-0.1, -0.05) is 110 Å². The van der Waals surface area contributed by atoms with Crippen molar-refractivity contribution in [3.05, 3.63) is 12.2 Å². The zero-order valence-corrected chi connectivity index (χ0v) is 16.1. The van der Waals surface area contributed by atoms with Crippen molar-refractivity contribution in [1.29, 1.82) is 0 Å². The first-order valence-corrected chi connectivity index (χ1v) is 10.4. The Bertz CT molecular complexity index is 218. The fourth-order valence-corrected chi connectivity index (χ4v) is 3.37. The molecule has 132 valence electrons. The average molecular weight is 309 g/mol. The Kier molecular flexibility index (Phi) is 16.9. The molecule has 0 heterocycles. The molecule has 0 atom stereocenters. The highest BCUT2D eigenvalue weighted by Crippen LogP contribution is 2.24. The SMILES string of the molecule is C=C(CCCCCC)CCCC(CCCCC)CCCCC. The van der Waals surface area contributed by atoms with Crippen molar-refractivity contribution in [2.75, 3.05) is 0 Å². The molecular weight excluding hydrogens is 264 g/mol. The first kappa shape index (κ1) is 21.7. The van der Waals surface area contributed by atoms with E-state index in [2.05, 4.69) is 27.4 Å². The maximum Gasteiger partial charge on any atom is -0.0323 e. The molecule has 0 unspecified atom stereocenters. The van der Waals surface area contributed by atoms with E-state index in [9.17, 15) is 0 Å². The standard InChI is InChI=1S/C22H44/c1-5-8-11-14-16-21(4)17-15-20-22(18-12-9-6-2)19-13-10-7-3/h22H,4-20H2,1-3H3. The molecule has 0 aliphatic rings. The molecule has 0 spiro atoms. The molecule has 0 radical (unpaired) electrons. The van der Waals surface area contributed by atoms with Gasteiger partial charge in [0.15, 0.2) is 0 Å². The molecule has 0 fully saturated rings. The third kappa shape index (κ3) is 14.7. The molecule has 0 rings (SSSR count). The van der Waals surface area contributed by atoms with Crippen LogP contribution in [0.5, 0.6) is 0 Å². The molecule has 0 saturated heterocycles. The molecule has 0 heteroatoms. The number of hydrogen-bond donors (Lipinski definition) is 0. The van der Waals surface area contributed by atoms with E-state index in [1.54, 1.807) is 0 Å². The maximum absolute atomic E-state index is 4.30. The van der Waals surface area contributed by atoms with Gasteiger partial charge in [-0.05, 0) is 31.6 Å². The van der Waals surface area contributed by atoms with Gasteiger partial charge in [0.05, 0.1) is 0 Å². The van der Waals surface area contributed by atoms with Crippen LogP contribution in [0, 0.1) is 5.92 Å². The molecule has 0 nitrogen and oxygen atoms in total. The minimum absolute atomic E-state index is 0.992. The Hall–Kier alpha value is -0.260. The van der Waals surface area contributed by atoms with Gasteiger partial charge >= 0.3 is 0 Å². The quantitative estimate of drug-likeness (QED) is 0.187. The molecule has 0 saturated carbocycles. The van der Waals surface area contributed by atoms with Crippen LogP contribution in [0.25, 0.3) is 0 Å². The predicted octanol–water partition coefficient (Wildman–Crippen LogP) is 8.46. The summed E-state index contributed by atoms with van der Waals surface area (Å²) in [4.78, 5) is 0. The normalized spacial score (nSPS) is 11.3. The summed E-state index contributed by atoms with van der Waals surface area (Å²) in [6.07, 6.45) is 22.3. The van der Waals surface area contributed by atoms with E-state index in [4.69, 9.17) is 0 Å². The third-order valence-corrected chi connectivity index (χ3v) is 4.96. The van der Waals surface area contributed by atoms with Gasteiger partial charge in [0.2, 0.25) is 0 Å². The smallest absolute Gasteiger partial charge is 0.0323 e. The highest BCUT2D eigenvalue weighted by atomic mass is 14.1. The van der Waals surface area contributed by atoms with Gasteiger partial charge in [-0.2, -0.15) is 0 Å². The molecule has 0 aliphatic carbocycles. The van der Waals surface area contributed by atoms with Crippen molar-refractivity contribution >= 4 is 0 Å². The van der Waals surface area contributed by atoms with Gasteiger partial charge in [0.25, 0.3) is 0 Å². The molecule has 0 aromatic rings. The Morgan fingerprint density at radius 1 is 0.591 bits per heavy atom. The van der Waals surface area contributed by atoms with E-state index in [0.29, 0.717) is 0 Å². The van der Waals surface area contributed by atoms with Crippen LogP contribution in [0.4, 0.5) is 0 Å². The zero-order valence-electron chi connectivity index (χ0n) is 16.1. The van der Waals surface area contributed by atoms with Crippen LogP contribution in [0.15, 0.2) is 12.2 Å². The highest BCUT2D eigenvalue weighted by Gasteiger charge is 2.08. The van der Waals surface area contributed by atoms with E-state index >= 15 is 0 Å². The van der Waals surface area contributed by atoms with E-state index in [1.807, 2.05) is 0 Å². The van der Waals surface area contributed by atoms with Crippen LogP contribution in [-0.2, 0) is 0 Å². The molecule has 22 heavy (non-hydrogen) atoms. The van der Waals surface area contributed by atoms with Gasteiger partial charge in [-0.3, -0.25) is 0 Å². The summed E-state index contributed by atoms with van der Waals surface area (Å²) in [6.45, 7) is 11.2. The van der Waals surface area contributed by atoms with Crippen molar-refractivity contribution in [3.63, 3.8) is 0 Å². The fraction of sp³-hybridized carbons (Fsp3) is 0.909. The summed E-state index contributed by atoms with van der Waals surface area (Å²) < 4.78 is 0. The van der Waals surface area contributed by atoms with Gasteiger partial charge in [-0.15, -0.1) is 0 Å². The van der Waals surface area contributed by atoms with E-state index < -0.39 is 0 Å². The van der Waals surface area contributed by atoms with Crippen molar-refractivity contribution in [2.24, 2.45) is 5.92 Å². The molecule has 0 bridgehead atoms. The number of unbranched alkanes of at least 4 members (excludes halogenated alkanes) is 7. The van der Waals surface area contributed by atoms with Crippen molar-refractivity contribution in [2.45, 2.75) is 124 Å². The summed E-state index contributed by atoms with van der Waals surface area (Å²) in [5, 5.41) is 0. The highest BCUT2D eigenvalue weighted by molar-refractivity contribution is 4.93. The van der Waals surface area contributed by atoms with Crippen molar-refractivity contribution in [1.82, 2.24) is 0 Å². The van der Waals surface area contributed by atoms with Crippen molar-refractivity contribution in [3.8, 4) is 0 Å². The summed E-state index contributed by atoms with van der Waals surface area (Å²) in [5.74, 6) is 0.992. The van der Waals surface area contributed by atoms with Gasteiger partial charge < -0.3 is 0 Å². The van der Waals surface area contributed by atoms with Crippen LogP contribution in [0.3, 0.4) is 0 Å². The molecule has 0 amide bonds. The minimum Gasteiger partial charge on any atom is -0.0999 e. The van der Waals surface area contributed by atoms with Gasteiger partial charge in [0.1, 0.15) is 0 Å². The minimum atomic E-state index is 0.992. The van der Waals surface area contributed by atoms with Crippen LogP contribution in [-0.4, -0.2) is 0 Å². The second-order valence-electron chi connectivity index (χ2n) is 7.31.